The molecule has 0 aromatic heterocycles. The Morgan fingerprint density at radius 3 is 1.29 bits per heavy atom. The lowest BCUT2D eigenvalue weighted by atomic mass is 9.94. The molecule has 0 aliphatic carbocycles. The summed E-state index contributed by atoms with van der Waals surface area (Å²) in [5.74, 6) is 3.10. The smallest absolute Gasteiger partial charge is 0.0494 e. The number of rotatable bonds is 10. The largest absolute Gasteiger partial charge is 0.381 e. The molecule has 0 fully saturated rings. The Kier molecular flexibility index (Phi) is 9.91. The van der Waals surface area contributed by atoms with Gasteiger partial charge in [-0.15, -0.1) is 0 Å². The van der Waals surface area contributed by atoms with Gasteiger partial charge in [-0.25, -0.2) is 0 Å². The fraction of sp³-hybridized carbons (Fsp3) is 1.00. The first-order valence-electron chi connectivity index (χ1n) is 7.57. The van der Waals surface area contributed by atoms with Crippen molar-refractivity contribution in [2.45, 2.75) is 67.2 Å². The minimum absolute atomic E-state index is 0.756. The van der Waals surface area contributed by atoms with Gasteiger partial charge in [0.2, 0.25) is 0 Å². The van der Waals surface area contributed by atoms with Gasteiger partial charge in [0.25, 0.3) is 0 Å². The van der Waals surface area contributed by atoms with Gasteiger partial charge in [-0.05, 0) is 36.5 Å². The van der Waals surface area contributed by atoms with Gasteiger partial charge >= 0.3 is 0 Å². The maximum Gasteiger partial charge on any atom is 0.0494 e. The molecular formula is C16H34O. The quantitative estimate of drug-likeness (QED) is 0.515. The van der Waals surface area contributed by atoms with Crippen LogP contribution in [0.15, 0.2) is 0 Å². The maximum absolute atomic E-state index is 5.94. The molecule has 17 heavy (non-hydrogen) atoms. The van der Waals surface area contributed by atoms with Gasteiger partial charge in [-0.2, -0.15) is 0 Å². The molecule has 0 saturated heterocycles. The predicted molar refractivity (Wildman–Crippen MR) is 77.3 cm³/mol. The fourth-order valence-electron chi connectivity index (χ4n) is 2.44. The van der Waals surface area contributed by atoms with Gasteiger partial charge in [0.05, 0.1) is 0 Å². The van der Waals surface area contributed by atoms with Crippen LogP contribution < -0.4 is 0 Å². The molecule has 0 heterocycles. The summed E-state index contributed by atoms with van der Waals surface area (Å²) >= 11 is 0. The lowest BCUT2D eigenvalue weighted by Gasteiger charge is -2.21. The monoisotopic (exact) mass is 242 g/mol. The molecule has 0 bridgehead atoms. The van der Waals surface area contributed by atoms with E-state index in [2.05, 4.69) is 41.5 Å². The second-order valence-electron chi connectivity index (χ2n) is 6.35. The van der Waals surface area contributed by atoms with E-state index in [0.29, 0.717) is 0 Å². The minimum atomic E-state index is 0.756. The minimum Gasteiger partial charge on any atom is -0.381 e. The van der Waals surface area contributed by atoms with Crippen LogP contribution in [0.25, 0.3) is 0 Å². The molecule has 0 saturated carbocycles. The third-order valence-corrected chi connectivity index (χ3v) is 3.47. The topological polar surface area (TPSA) is 9.23 Å². The van der Waals surface area contributed by atoms with Gasteiger partial charge < -0.3 is 4.74 Å². The second-order valence-corrected chi connectivity index (χ2v) is 6.35. The summed E-state index contributed by atoms with van der Waals surface area (Å²) in [5, 5.41) is 0. The van der Waals surface area contributed by atoms with Gasteiger partial charge in [0, 0.05) is 13.2 Å². The predicted octanol–water partition coefficient (Wildman–Crippen LogP) is 5.15. The Labute approximate surface area is 109 Å². The lowest BCUT2D eigenvalue weighted by Crippen LogP contribution is -2.17. The standard InChI is InChI=1S/C16H34O/c1-7-15(9-13(3)4)11-17-12-16(8-2)10-14(5)6/h13-16H,7-12H2,1-6H3. The summed E-state index contributed by atoms with van der Waals surface area (Å²) in [4.78, 5) is 0. The highest BCUT2D eigenvalue weighted by Gasteiger charge is 2.12. The van der Waals surface area contributed by atoms with Crippen LogP contribution in [0.4, 0.5) is 0 Å². The molecule has 0 aliphatic heterocycles. The second kappa shape index (κ2) is 9.94. The van der Waals surface area contributed by atoms with Crippen LogP contribution in [0.3, 0.4) is 0 Å². The highest BCUT2D eigenvalue weighted by Crippen LogP contribution is 2.18. The van der Waals surface area contributed by atoms with Crippen molar-refractivity contribution in [2.75, 3.05) is 13.2 Å². The SMILES string of the molecule is CCC(COCC(CC)CC(C)C)CC(C)C. The average Bonchev–Trinajstić information content (AvgIpc) is 2.25. The Balaban J connectivity index is 3.77. The Morgan fingerprint density at radius 2 is 1.06 bits per heavy atom. The van der Waals surface area contributed by atoms with E-state index in [-0.39, 0.29) is 0 Å². The molecule has 1 nitrogen and oxygen atoms in total. The van der Waals surface area contributed by atoms with Crippen molar-refractivity contribution in [2.24, 2.45) is 23.7 Å². The van der Waals surface area contributed by atoms with Crippen molar-refractivity contribution in [1.82, 2.24) is 0 Å². The maximum atomic E-state index is 5.94. The molecule has 2 unspecified atom stereocenters. The first-order chi connectivity index (χ1) is 7.99. The normalized spacial score (nSPS) is 15.5. The third-order valence-electron chi connectivity index (χ3n) is 3.47. The Morgan fingerprint density at radius 1 is 0.706 bits per heavy atom. The van der Waals surface area contributed by atoms with Crippen LogP contribution in [0.1, 0.15) is 67.2 Å². The summed E-state index contributed by atoms with van der Waals surface area (Å²) in [5.41, 5.74) is 0. The lowest BCUT2D eigenvalue weighted by molar-refractivity contribution is 0.0576. The zero-order chi connectivity index (χ0) is 13.3. The fourth-order valence-corrected chi connectivity index (χ4v) is 2.44. The van der Waals surface area contributed by atoms with E-state index in [1.807, 2.05) is 0 Å². The van der Waals surface area contributed by atoms with Crippen molar-refractivity contribution in [1.29, 1.82) is 0 Å². The highest BCUT2D eigenvalue weighted by molar-refractivity contribution is 4.62. The Bertz CT molecular complexity index is 145. The van der Waals surface area contributed by atoms with Crippen LogP contribution in [0.5, 0.6) is 0 Å². The summed E-state index contributed by atoms with van der Waals surface area (Å²) in [6.45, 7) is 15.7. The Hall–Kier alpha value is -0.0400. The zero-order valence-electron chi connectivity index (χ0n) is 13.0. The summed E-state index contributed by atoms with van der Waals surface area (Å²) in [6, 6.07) is 0. The molecule has 0 aromatic rings. The van der Waals surface area contributed by atoms with Crippen LogP contribution >= 0.6 is 0 Å². The summed E-state index contributed by atoms with van der Waals surface area (Å²) in [6.07, 6.45) is 5.10. The molecular weight excluding hydrogens is 208 g/mol. The van der Waals surface area contributed by atoms with Crippen molar-refractivity contribution < 1.29 is 4.74 Å². The van der Waals surface area contributed by atoms with Gasteiger partial charge in [0.15, 0.2) is 0 Å². The van der Waals surface area contributed by atoms with E-state index in [4.69, 9.17) is 4.74 Å². The molecule has 104 valence electrons. The van der Waals surface area contributed by atoms with E-state index in [0.717, 1.165) is 36.9 Å². The van der Waals surface area contributed by atoms with Gasteiger partial charge in [0.1, 0.15) is 0 Å². The molecule has 0 aromatic carbocycles. The number of hydrogen-bond donors (Lipinski definition) is 0. The molecule has 0 spiro atoms. The van der Waals surface area contributed by atoms with Gasteiger partial charge in [-0.1, -0.05) is 54.4 Å². The van der Waals surface area contributed by atoms with Crippen molar-refractivity contribution in [3.63, 3.8) is 0 Å². The van der Waals surface area contributed by atoms with Crippen molar-refractivity contribution in [3.8, 4) is 0 Å². The molecule has 0 N–H and O–H groups in total. The number of ether oxygens (including phenoxy) is 1. The highest BCUT2D eigenvalue weighted by atomic mass is 16.5. The molecule has 1 heteroatoms. The van der Waals surface area contributed by atoms with Crippen LogP contribution in [-0.2, 0) is 4.74 Å². The van der Waals surface area contributed by atoms with E-state index in [1.165, 1.54) is 25.7 Å². The van der Waals surface area contributed by atoms with Crippen LogP contribution in [0.2, 0.25) is 0 Å². The molecule has 0 amide bonds. The van der Waals surface area contributed by atoms with Crippen LogP contribution in [0, 0.1) is 23.7 Å². The number of hydrogen-bond acceptors (Lipinski definition) is 1. The average molecular weight is 242 g/mol. The van der Waals surface area contributed by atoms with E-state index < -0.39 is 0 Å². The van der Waals surface area contributed by atoms with Crippen molar-refractivity contribution >= 4 is 0 Å². The van der Waals surface area contributed by atoms with E-state index in [9.17, 15) is 0 Å². The van der Waals surface area contributed by atoms with Crippen molar-refractivity contribution in [3.05, 3.63) is 0 Å². The zero-order valence-corrected chi connectivity index (χ0v) is 13.0. The third kappa shape index (κ3) is 9.64. The van der Waals surface area contributed by atoms with Crippen LogP contribution in [-0.4, -0.2) is 13.2 Å². The first-order valence-corrected chi connectivity index (χ1v) is 7.57. The molecule has 0 radical (unpaired) electrons. The molecule has 0 rings (SSSR count). The molecule has 2 atom stereocenters. The van der Waals surface area contributed by atoms with E-state index >= 15 is 0 Å². The first kappa shape index (κ1) is 17.0. The van der Waals surface area contributed by atoms with E-state index in [1.54, 1.807) is 0 Å². The molecule has 0 aliphatic rings. The van der Waals surface area contributed by atoms with Gasteiger partial charge in [-0.3, -0.25) is 0 Å². The summed E-state index contributed by atoms with van der Waals surface area (Å²) in [7, 11) is 0. The summed E-state index contributed by atoms with van der Waals surface area (Å²) < 4.78 is 5.94.